The summed E-state index contributed by atoms with van der Waals surface area (Å²) in [5, 5.41) is 15.3. The van der Waals surface area contributed by atoms with Crippen LogP contribution in [0.5, 0.6) is 11.5 Å². The number of rotatable bonds is 12. The Morgan fingerprint density at radius 2 is 1.16 bits per heavy atom. The molecular formula is C51H60Cl2N8O9. The van der Waals surface area contributed by atoms with E-state index in [2.05, 4.69) is 25.1 Å². The number of amides is 2. The number of nitrogens with zero attached hydrogens (tertiary/aromatic N) is 7. The van der Waals surface area contributed by atoms with E-state index < -0.39 is 0 Å². The minimum atomic E-state index is -0.376. The van der Waals surface area contributed by atoms with Crippen molar-refractivity contribution in [2.24, 2.45) is 16.8 Å². The van der Waals surface area contributed by atoms with Gasteiger partial charge in [0.2, 0.25) is 5.89 Å². The molecule has 4 aliphatic rings. The first-order chi connectivity index (χ1) is 33.7. The standard InChI is InChI=1S/C25H27ClN4O4.C24H27ClN2O4.C2H6N2O/c1-16-27-24(34-28-16)17-10-12-29(13-11-17)15-22-23(18-4-3-5-21(14-18)32-2)30(25(31)33-22)20-8-6-19(26)7-9-20;1-16(28)17-10-12-26(13-11-17)15-22-23(18-4-3-5-21(14-18)30-2)27(24(29)31-22)20-8-6-19(25)7-9-20;1-2(3)4-5/h3-9,14,17,22-23H,10-13,15H2,1-2H3;3-9,14,17,22-23H,10-13,15H2,1-2H3;5H,1H3,(H2,3,4)/t2*22-,23-;/m00./s1. The molecule has 0 spiro atoms. The highest BCUT2D eigenvalue weighted by Crippen LogP contribution is 2.41. The molecule has 4 aromatic carbocycles. The van der Waals surface area contributed by atoms with Crippen LogP contribution in [0.4, 0.5) is 21.0 Å². The second-order valence-electron chi connectivity index (χ2n) is 17.7. The van der Waals surface area contributed by atoms with Crippen LogP contribution in [0.15, 0.2) is 107 Å². The summed E-state index contributed by atoms with van der Waals surface area (Å²) in [5.41, 5.74) is 8.18. The number of ether oxygens (including phenoxy) is 4. The molecule has 0 radical (unpaired) electrons. The molecule has 5 heterocycles. The summed E-state index contributed by atoms with van der Waals surface area (Å²) in [5.74, 6) is 3.70. The maximum absolute atomic E-state index is 13.1. The van der Waals surface area contributed by atoms with Crippen LogP contribution in [0, 0.1) is 12.8 Å². The van der Waals surface area contributed by atoms with Gasteiger partial charge in [-0.3, -0.25) is 24.4 Å². The molecular weight excluding hydrogens is 940 g/mol. The van der Waals surface area contributed by atoms with Crippen molar-refractivity contribution in [3.63, 3.8) is 0 Å². The van der Waals surface area contributed by atoms with Crippen molar-refractivity contribution in [3.8, 4) is 11.5 Å². The summed E-state index contributed by atoms with van der Waals surface area (Å²) >= 11 is 12.1. The van der Waals surface area contributed by atoms with Crippen molar-refractivity contribution in [1.29, 1.82) is 0 Å². The number of aryl methyl sites for hydroxylation is 1. The number of piperidine rings is 2. The van der Waals surface area contributed by atoms with Crippen LogP contribution in [0.25, 0.3) is 0 Å². The fraction of sp³-hybridized carbons (Fsp3) is 0.412. The molecule has 70 heavy (non-hydrogen) atoms. The van der Waals surface area contributed by atoms with E-state index in [4.69, 9.17) is 57.6 Å². The van der Waals surface area contributed by atoms with Crippen LogP contribution in [0.3, 0.4) is 0 Å². The largest absolute Gasteiger partial charge is 0.497 e. The van der Waals surface area contributed by atoms with Crippen LogP contribution in [0.1, 0.15) is 80.4 Å². The minimum Gasteiger partial charge on any atom is -0.497 e. The number of halogens is 2. The molecule has 5 aromatic rings. The molecule has 1 aromatic heterocycles. The second-order valence-corrected chi connectivity index (χ2v) is 18.5. The third kappa shape index (κ3) is 12.9. The lowest BCUT2D eigenvalue weighted by Gasteiger charge is -2.33. The van der Waals surface area contributed by atoms with E-state index in [1.54, 1.807) is 55.2 Å². The SMILES string of the molecule is C/C(N)=N/O.COc1cccc([C@H]2[C@H](CN3CCC(C(C)=O)CC3)OC(=O)N2c2ccc(Cl)cc2)c1.COc1cccc([C@H]2[C@H](CN3CCC(c4nc(C)no4)CC3)OC(=O)N2c2ccc(Cl)cc2)c1. The number of oxime groups is 1. The average Bonchev–Trinajstić information content (AvgIpc) is 4.06. The van der Waals surface area contributed by atoms with Gasteiger partial charge >= 0.3 is 12.2 Å². The van der Waals surface area contributed by atoms with Crippen molar-refractivity contribution in [1.82, 2.24) is 19.9 Å². The Morgan fingerprint density at radius 1 is 0.729 bits per heavy atom. The van der Waals surface area contributed by atoms with Crippen LogP contribution >= 0.6 is 23.2 Å². The quantitative estimate of drug-likeness (QED) is 0.0518. The average molecular weight is 1000 g/mol. The number of Topliss-reactive ketones (excluding diaryl/α,β-unsaturated/α-hetero) is 1. The number of amidine groups is 1. The molecule has 0 bridgehead atoms. The number of likely N-dealkylation sites (tertiary alicyclic amines) is 2. The molecule has 4 saturated heterocycles. The first-order valence-corrected chi connectivity index (χ1v) is 24.0. The first kappa shape index (κ1) is 51.5. The molecule has 0 saturated carbocycles. The van der Waals surface area contributed by atoms with E-state index in [0.717, 1.165) is 85.9 Å². The van der Waals surface area contributed by atoms with Gasteiger partial charge in [0.25, 0.3) is 0 Å². The topological polar surface area (TPSA) is 199 Å². The number of cyclic esters (lactones) is 2. The highest BCUT2D eigenvalue weighted by Gasteiger charge is 2.46. The Balaban J connectivity index is 0.000000189. The number of hydrogen-bond acceptors (Lipinski definition) is 14. The van der Waals surface area contributed by atoms with Gasteiger partial charge in [-0.25, -0.2) is 9.59 Å². The highest BCUT2D eigenvalue weighted by atomic mass is 35.5. The molecule has 4 atom stereocenters. The fourth-order valence-electron chi connectivity index (χ4n) is 9.32. The zero-order valence-corrected chi connectivity index (χ0v) is 41.5. The van der Waals surface area contributed by atoms with E-state index in [0.29, 0.717) is 34.8 Å². The zero-order chi connectivity index (χ0) is 49.9. The van der Waals surface area contributed by atoms with E-state index in [-0.39, 0.29) is 59.9 Å². The van der Waals surface area contributed by atoms with Crippen LogP contribution in [-0.4, -0.2) is 115 Å². The highest BCUT2D eigenvalue weighted by molar-refractivity contribution is 6.31. The Labute approximate surface area is 418 Å². The lowest BCUT2D eigenvalue weighted by atomic mass is 9.92. The molecule has 2 amide bonds. The van der Waals surface area contributed by atoms with Gasteiger partial charge in [0.15, 0.2) is 5.82 Å². The number of aromatic nitrogens is 2. The number of carbonyl (C=O) groups is 3. The number of carbonyl (C=O) groups excluding carboxylic acids is 3. The molecule has 0 aliphatic carbocycles. The van der Waals surface area contributed by atoms with E-state index in [1.165, 1.54) is 6.92 Å². The Kier molecular flexibility index (Phi) is 17.6. The molecule has 3 N–H and O–H groups in total. The predicted octanol–water partition coefficient (Wildman–Crippen LogP) is 9.45. The molecule has 4 fully saturated rings. The third-order valence-electron chi connectivity index (χ3n) is 12.9. The Hall–Kier alpha value is -6.40. The molecule has 19 heteroatoms. The number of hydrogen-bond donors (Lipinski definition) is 2. The number of anilines is 2. The normalized spacial score (nSPS) is 21.3. The van der Waals surface area contributed by atoms with Gasteiger partial charge in [-0.2, -0.15) is 4.98 Å². The fourth-order valence-corrected chi connectivity index (χ4v) is 9.57. The van der Waals surface area contributed by atoms with Crippen molar-refractivity contribution in [3.05, 3.63) is 130 Å². The summed E-state index contributed by atoms with van der Waals surface area (Å²) in [4.78, 5) is 50.2. The number of nitrogens with two attached hydrogens (primary N) is 1. The monoisotopic (exact) mass is 998 g/mol. The van der Waals surface area contributed by atoms with Gasteiger partial charge in [0, 0.05) is 46.3 Å². The van der Waals surface area contributed by atoms with Crippen LogP contribution in [-0.2, 0) is 14.3 Å². The first-order valence-electron chi connectivity index (χ1n) is 23.2. The molecule has 17 nitrogen and oxygen atoms in total. The minimum absolute atomic E-state index is 0.141. The van der Waals surface area contributed by atoms with Gasteiger partial charge in [-0.15, -0.1) is 0 Å². The number of ketones is 1. The summed E-state index contributed by atoms with van der Waals surface area (Å²) in [6.07, 6.45) is 2.12. The Bertz CT molecular complexity index is 2560. The Morgan fingerprint density at radius 3 is 1.53 bits per heavy atom. The smallest absolute Gasteiger partial charge is 0.415 e. The van der Waals surface area contributed by atoms with E-state index in [1.807, 2.05) is 79.7 Å². The molecule has 4 aliphatic heterocycles. The molecule has 9 rings (SSSR count). The summed E-state index contributed by atoms with van der Waals surface area (Å²) in [7, 11) is 3.27. The molecule has 372 valence electrons. The third-order valence-corrected chi connectivity index (χ3v) is 13.4. The van der Waals surface area contributed by atoms with Gasteiger partial charge in [0.1, 0.15) is 47.4 Å². The lowest BCUT2D eigenvalue weighted by Crippen LogP contribution is -2.42. The van der Waals surface area contributed by atoms with Gasteiger partial charge in [0.05, 0.1) is 14.2 Å². The van der Waals surface area contributed by atoms with Crippen LogP contribution < -0.4 is 25.0 Å². The van der Waals surface area contributed by atoms with Gasteiger partial charge in [-0.1, -0.05) is 57.8 Å². The van der Waals surface area contributed by atoms with Crippen molar-refractivity contribution >= 4 is 58.4 Å². The van der Waals surface area contributed by atoms with Gasteiger partial charge in [-0.05, 0) is 157 Å². The van der Waals surface area contributed by atoms with Crippen molar-refractivity contribution in [2.75, 3.05) is 63.3 Å². The predicted molar refractivity (Wildman–Crippen MR) is 266 cm³/mol. The maximum atomic E-state index is 13.1. The van der Waals surface area contributed by atoms with E-state index in [9.17, 15) is 14.4 Å². The summed E-state index contributed by atoms with van der Waals surface area (Å²) in [6.45, 7) is 9.63. The van der Waals surface area contributed by atoms with Gasteiger partial charge < -0.3 is 34.4 Å². The van der Waals surface area contributed by atoms with Crippen LogP contribution in [0.2, 0.25) is 10.0 Å². The van der Waals surface area contributed by atoms with E-state index >= 15 is 0 Å². The number of methoxy groups -OCH3 is 2. The second kappa shape index (κ2) is 23.9. The summed E-state index contributed by atoms with van der Waals surface area (Å²) in [6, 6.07) is 29.4. The zero-order valence-electron chi connectivity index (χ0n) is 39.9. The summed E-state index contributed by atoms with van der Waals surface area (Å²) < 4.78 is 28.1. The lowest BCUT2D eigenvalue weighted by molar-refractivity contribution is -0.122. The van der Waals surface area contributed by atoms with Crippen molar-refractivity contribution < 1.29 is 43.1 Å². The van der Waals surface area contributed by atoms with Crippen molar-refractivity contribution in [2.45, 2.75) is 76.7 Å². The molecule has 0 unspecified atom stereocenters. The maximum Gasteiger partial charge on any atom is 0.415 e. The number of benzene rings is 4.